The highest BCUT2D eigenvalue weighted by molar-refractivity contribution is 4.93. The molecule has 0 spiro atoms. The summed E-state index contributed by atoms with van der Waals surface area (Å²) in [6.45, 7) is 9.17. The monoisotopic (exact) mass is 296 g/mol. The van der Waals surface area contributed by atoms with Crippen molar-refractivity contribution in [3.05, 3.63) is 0 Å². The van der Waals surface area contributed by atoms with Crippen LogP contribution >= 0.6 is 0 Å². The fourth-order valence-electron chi connectivity index (χ4n) is 4.40. The first-order chi connectivity index (χ1) is 9.99. The Kier molecular flexibility index (Phi) is 8.94. The van der Waals surface area contributed by atoms with E-state index in [0.717, 1.165) is 12.8 Å². The molecule has 1 N–H and O–H groups in total. The van der Waals surface area contributed by atoms with Crippen LogP contribution in [0.1, 0.15) is 105 Å². The van der Waals surface area contributed by atoms with Crippen LogP contribution < -0.4 is 0 Å². The van der Waals surface area contributed by atoms with Gasteiger partial charge in [-0.05, 0) is 37.0 Å². The van der Waals surface area contributed by atoms with E-state index in [2.05, 4.69) is 27.7 Å². The summed E-state index contributed by atoms with van der Waals surface area (Å²) in [5.74, 6) is 1.86. The van der Waals surface area contributed by atoms with E-state index in [0.29, 0.717) is 17.8 Å². The van der Waals surface area contributed by atoms with Gasteiger partial charge in [-0.3, -0.25) is 0 Å². The van der Waals surface area contributed by atoms with Gasteiger partial charge in [-0.15, -0.1) is 0 Å². The van der Waals surface area contributed by atoms with Crippen molar-refractivity contribution in [1.82, 2.24) is 0 Å². The zero-order chi connectivity index (χ0) is 15.7. The van der Waals surface area contributed by atoms with Crippen molar-refractivity contribution in [1.29, 1.82) is 0 Å². The number of aliphatic hydroxyl groups is 1. The lowest BCUT2D eigenvalue weighted by molar-refractivity contribution is -0.0871. The standard InChI is InChI=1S/C20H40O/c1-5-6-7-8-9-10-11-12-15-20(21)16-18(4)13-14-19(20)17(2)3/h17-19,21H,5-16H2,1-4H3. The van der Waals surface area contributed by atoms with Gasteiger partial charge in [-0.25, -0.2) is 0 Å². The summed E-state index contributed by atoms with van der Waals surface area (Å²) in [5.41, 5.74) is -0.367. The number of rotatable bonds is 10. The van der Waals surface area contributed by atoms with E-state index in [1.165, 1.54) is 64.2 Å². The van der Waals surface area contributed by atoms with Gasteiger partial charge < -0.3 is 5.11 Å². The average molecular weight is 297 g/mol. The summed E-state index contributed by atoms with van der Waals surface area (Å²) in [5, 5.41) is 11.1. The van der Waals surface area contributed by atoms with Gasteiger partial charge in [-0.2, -0.15) is 0 Å². The van der Waals surface area contributed by atoms with Crippen LogP contribution in [0.2, 0.25) is 0 Å². The second-order valence-corrected chi connectivity index (χ2v) is 8.07. The normalized spacial score (nSPS) is 30.0. The highest BCUT2D eigenvalue weighted by atomic mass is 16.3. The number of hydrogen-bond acceptors (Lipinski definition) is 1. The summed E-state index contributed by atoms with van der Waals surface area (Å²) in [6, 6.07) is 0. The van der Waals surface area contributed by atoms with Crippen molar-refractivity contribution >= 4 is 0 Å². The lowest BCUT2D eigenvalue weighted by Crippen LogP contribution is -2.45. The van der Waals surface area contributed by atoms with Crippen molar-refractivity contribution in [2.75, 3.05) is 0 Å². The molecule has 0 aromatic rings. The SMILES string of the molecule is CCCCCCCCCCC1(O)CC(C)CCC1C(C)C. The highest BCUT2D eigenvalue weighted by Crippen LogP contribution is 2.43. The van der Waals surface area contributed by atoms with Crippen molar-refractivity contribution in [3.63, 3.8) is 0 Å². The molecule has 0 saturated heterocycles. The highest BCUT2D eigenvalue weighted by Gasteiger charge is 2.41. The van der Waals surface area contributed by atoms with Crippen LogP contribution in [0.3, 0.4) is 0 Å². The molecule has 1 nitrogen and oxygen atoms in total. The van der Waals surface area contributed by atoms with Gasteiger partial charge in [0.15, 0.2) is 0 Å². The summed E-state index contributed by atoms with van der Waals surface area (Å²) >= 11 is 0. The molecule has 0 heterocycles. The lowest BCUT2D eigenvalue weighted by atomic mass is 9.65. The van der Waals surface area contributed by atoms with Crippen molar-refractivity contribution in [2.24, 2.45) is 17.8 Å². The molecule has 3 unspecified atom stereocenters. The van der Waals surface area contributed by atoms with E-state index in [1.54, 1.807) is 0 Å². The quantitative estimate of drug-likeness (QED) is 0.466. The van der Waals surface area contributed by atoms with Crippen LogP contribution in [0, 0.1) is 17.8 Å². The fourth-order valence-corrected chi connectivity index (χ4v) is 4.40. The maximum atomic E-state index is 11.1. The third-order valence-electron chi connectivity index (χ3n) is 5.63. The maximum Gasteiger partial charge on any atom is 0.0680 e. The second-order valence-electron chi connectivity index (χ2n) is 8.07. The molecular formula is C20H40O. The van der Waals surface area contributed by atoms with Crippen molar-refractivity contribution < 1.29 is 5.11 Å². The molecule has 1 rings (SSSR count). The van der Waals surface area contributed by atoms with Gasteiger partial charge in [0, 0.05) is 0 Å². The van der Waals surface area contributed by atoms with Gasteiger partial charge in [0.1, 0.15) is 0 Å². The molecule has 1 aliphatic rings. The van der Waals surface area contributed by atoms with Gasteiger partial charge >= 0.3 is 0 Å². The molecule has 0 bridgehead atoms. The van der Waals surface area contributed by atoms with Crippen LogP contribution in [-0.4, -0.2) is 10.7 Å². The molecule has 1 fully saturated rings. The van der Waals surface area contributed by atoms with Gasteiger partial charge in [-0.1, -0.05) is 85.5 Å². The Balaban J connectivity index is 2.23. The topological polar surface area (TPSA) is 20.2 Å². The van der Waals surface area contributed by atoms with Crippen LogP contribution in [-0.2, 0) is 0 Å². The molecule has 0 aliphatic heterocycles. The largest absolute Gasteiger partial charge is 0.390 e. The Hall–Kier alpha value is -0.0400. The van der Waals surface area contributed by atoms with E-state index >= 15 is 0 Å². The molecule has 0 aromatic heterocycles. The Bertz CT molecular complexity index is 261. The zero-order valence-electron chi connectivity index (χ0n) is 15.2. The lowest BCUT2D eigenvalue weighted by Gasteiger charge is -2.45. The molecule has 1 aliphatic carbocycles. The number of hydrogen-bond donors (Lipinski definition) is 1. The van der Waals surface area contributed by atoms with Crippen LogP contribution in [0.5, 0.6) is 0 Å². The first-order valence-electron chi connectivity index (χ1n) is 9.72. The second kappa shape index (κ2) is 9.87. The van der Waals surface area contributed by atoms with Crippen LogP contribution in [0.15, 0.2) is 0 Å². The van der Waals surface area contributed by atoms with Gasteiger partial charge in [0.05, 0.1) is 5.60 Å². The van der Waals surface area contributed by atoms with E-state index in [9.17, 15) is 5.11 Å². The summed E-state index contributed by atoms with van der Waals surface area (Å²) in [7, 11) is 0. The van der Waals surface area contributed by atoms with Crippen molar-refractivity contribution in [2.45, 2.75) is 110 Å². The Labute approximate surface area is 133 Å². The molecule has 1 saturated carbocycles. The van der Waals surface area contributed by atoms with Gasteiger partial charge in [0.25, 0.3) is 0 Å². The first kappa shape index (κ1) is 19.0. The van der Waals surface area contributed by atoms with E-state index in [1.807, 2.05) is 0 Å². The van der Waals surface area contributed by atoms with Gasteiger partial charge in [0.2, 0.25) is 0 Å². The molecule has 21 heavy (non-hydrogen) atoms. The molecule has 126 valence electrons. The van der Waals surface area contributed by atoms with Crippen LogP contribution in [0.25, 0.3) is 0 Å². The minimum Gasteiger partial charge on any atom is -0.390 e. The third-order valence-corrected chi connectivity index (χ3v) is 5.63. The predicted molar refractivity (Wildman–Crippen MR) is 93.5 cm³/mol. The molecular weight excluding hydrogens is 256 g/mol. The predicted octanol–water partition coefficient (Wildman–Crippen LogP) is 6.34. The minimum atomic E-state index is -0.367. The fraction of sp³-hybridized carbons (Fsp3) is 1.00. The summed E-state index contributed by atoms with van der Waals surface area (Å²) < 4.78 is 0. The average Bonchev–Trinajstić information content (AvgIpc) is 2.41. The molecule has 1 heteroatoms. The minimum absolute atomic E-state index is 0.367. The third kappa shape index (κ3) is 6.72. The van der Waals surface area contributed by atoms with E-state index < -0.39 is 0 Å². The van der Waals surface area contributed by atoms with Crippen molar-refractivity contribution in [3.8, 4) is 0 Å². The molecule has 0 amide bonds. The Morgan fingerprint density at radius 3 is 2.10 bits per heavy atom. The maximum absolute atomic E-state index is 11.1. The Morgan fingerprint density at radius 1 is 0.952 bits per heavy atom. The zero-order valence-corrected chi connectivity index (χ0v) is 15.2. The summed E-state index contributed by atoms with van der Waals surface area (Å²) in [6.07, 6.45) is 15.4. The molecule has 0 radical (unpaired) electrons. The van der Waals surface area contributed by atoms with E-state index in [4.69, 9.17) is 0 Å². The Morgan fingerprint density at radius 2 is 1.52 bits per heavy atom. The summed E-state index contributed by atoms with van der Waals surface area (Å²) in [4.78, 5) is 0. The smallest absolute Gasteiger partial charge is 0.0680 e. The van der Waals surface area contributed by atoms with Crippen LogP contribution in [0.4, 0.5) is 0 Å². The number of unbranched alkanes of at least 4 members (excludes halogenated alkanes) is 7. The molecule has 3 atom stereocenters. The van der Waals surface area contributed by atoms with E-state index in [-0.39, 0.29) is 5.60 Å². The molecule has 0 aromatic carbocycles. The first-order valence-corrected chi connectivity index (χ1v) is 9.72.